The Morgan fingerprint density at radius 2 is 1.83 bits per heavy atom. The molecule has 0 spiro atoms. The van der Waals surface area contributed by atoms with E-state index in [-0.39, 0.29) is 18.6 Å². The van der Waals surface area contributed by atoms with Crippen LogP contribution in [0.5, 0.6) is 17.2 Å². The van der Waals surface area contributed by atoms with Crippen molar-refractivity contribution in [3.8, 4) is 17.2 Å². The van der Waals surface area contributed by atoms with Crippen molar-refractivity contribution in [2.75, 3.05) is 41.5 Å². The second-order valence-corrected chi connectivity index (χ2v) is 5.62. The lowest BCUT2D eigenvalue weighted by atomic mass is 10.1. The van der Waals surface area contributed by atoms with Crippen molar-refractivity contribution in [3.63, 3.8) is 0 Å². The van der Waals surface area contributed by atoms with Gasteiger partial charge >= 0.3 is 5.97 Å². The van der Waals surface area contributed by atoms with Gasteiger partial charge in [-0.2, -0.15) is 0 Å². The minimum Gasteiger partial charge on any atom is -0.496 e. The first-order valence-electron chi connectivity index (χ1n) is 7.94. The number of likely N-dealkylation sites (tertiary alicyclic amines) is 1. The highest BCUT2D eigenvalue weighted by molar-refractivity contribution is 5.76. The van der Waals surface area contributed by atoms with E-state index < -0.39 is 0 Å². The minimum absolute atomic E-state index is 0.117. The van der Waals surface area contributed by atoms with Crippen LogP contribution in [0, 0.1) is 0 Å². The van der Waals surface area contributed by atoms with Crippen LogP contribution in [0.3, 0.4) is 0 Å². The van der Waals surface area contributed by atoms with Crippen molar-refractivity contribution < 1.29 is 23.7 Å². The summed E-state index contributed by atoms with van der Waals surface area (Å²) in [5, 5.41) is 0. The van der Waals surface area contributed by atoms with Crippen LogP contribution in [0.1, 0.15) is 18.4 Å². The third-order valence-corrected chi connectivity index (χ3v) is 4.15. The Kier molecular flexibility index (Phi) is 6.49. The van der Waals surface area contributed by atoms with Gasteiger partial charge in [-0.15, -0.1) is 0 Å². The molecule has 0 aliphatic carbocycles. The van der Waals surface area contributed by atoms with Gasteiger partial charge in [0.2, 0.25) is 0 Å². The number of methoxy groups -OCH3 is 3. The molecule has 0 amide bonds. The van der Waals surface area contributed by atoms with Crippen LogP contribution in [0.2, 0.25) is 0 Å². The van der Waals surface area contributed by atoms with Crippen molar-refractivity contribution >= 4 is 12.0 Å². The lowest BCUT2D eigenvalue weighted by Gasteiger charge is -2.17. The average Bonchev–Trinajstić information content (AvgIpc) is 3.03. The number of nitrogens with zero attached hydrogens (tertiary/aromatic N) is 1. The van der Waals surface area contributed by atoms with Gasteiger partial charge in [0.05, 0.1) is 21.3 Å². The highest BCUT2D eigenvalue weighted by Gasteiger charge is 2.28. The molecule has 0 N–H and O–H groups in total. The van der Waals surface area contributed by atoms with Gasteiger partial charge in [-0.3, -0.25) is 9.69 Å². The van der Waals surface area contributed by atoms with E-state index in [1.807, 2.05) is 24.1 Å². The molecule has 6 heteroatoms. The molecule has 1 aliphatic heterocycles. The lowest BCUT2D eigenvalue weighted by Crippen LogP contribution is -2.34. The van der Waals surface area contributed by atoms with E-state index in [9.17, 15) is 4.79 Å². The highest BCUT2D eigenvalue weighted by Crippen LogP contribution is 2.35. The quantitative estimate of drug-likeness (QED) is 0.713. The van der Waals surface area contributed by atoms with Crippen LogP contribution >= 0.6 is 0 Å². The maximum Gasteiger partial charge on any atom is 0.323 e. The molecule has 1 fully saturated rings. The number of carbonyl (C=O) groups is 1. The summed E-state index contributed by atoms with van der Waals surface area (Å²) in [7, 11) is 6.70. The molecule has 1 atom stereocenters. The fourth-order valence-corrected chi connectivity index (χ4v) is 2.79. The molecule has 0 aromatic heterocycles. The van der Waals surface area contributed by atoms with E-state index in [1.54, 1.807) is 33.5 Å². The number of hydrogen-bond acceptors (Lipinski definition) is 6. The molecule has 132 valence electrons. The fraction of sp³-hybridized carbons (Fsp3) is 0.500. The summed E-state index contributed by atoms with van der Waals surface area (Å²) >= 11 is 0. The molecule has 0 bridgehead atoms. The fourth-order valence-electron chi connectivity index (χ4n) is 2.79. The molecule has 0 radical (unpaired) electrons. The van der Waals surface area contributed by atoms with Crippen LogP contribution in [0.15, 0.2) is 18.2 Å². The standard InChI is InChI=1S/C18H25NO5/c1-19-9-5-8-14(19)18(20)24-10-6-7-13-11-16(22-3)17(23-4)12-15(13)21-2/h6-7,11-12,14H,5,8-10H2,1-4H3/b7-6+. The van der Waals surface area contributed by atoms with E-state index in [0.717, 1.165) is 24.9 Å². The van der Waals surface area contributed by atoms with E-state index >= 15 is 0 Å². The summed E-state index contributed by atoms with van der Waals surface area (Å²) in [6.45, 7) is 1.17. The zero-order valence-corrected chi connectivity index (χ0v) is 14.7. The van der Waals surface area contributed by atoms with Crippen LogP contribution in [0.25, 0.3) is 6.08 Å². The third-order valence-electron chi connectivity index (χ3n) is 4.15. The summed E-state index contributed by atoms with van der Waals surface area (Å²) in [5.41, 5.74) is 0.823. The van der Waals surface area contributed by atoms with Crippen LogP contribution in [0.4, 0.5) is 0 Å². The first-order chi connectivity index (χ1) is 11.6. The van der Waals surface area contributed by atoms with Gasteiger partial charge in [-0.05, 0) is 38.6 Å². The largest absolute Gasteiger partial charge is 0.496 e. The molecule has 1 heterocycles. The zero-order chi connectivity index (χ0) is 17.5. The summed E-state index contributed by atoms with van der Waals surface area (Å²) in [5.74, 6) is 1.70. The molecule has 24 heavy (non-hydrogen) atoms. The third kappa shape index (κ3) is 4.20. The zero-order valence-electron chi connectivity index (χ0n) is 14.7. The van der Waals surface area contributed by atoms with Gasteiger partial charge in [0.25, 0.3) is 0 Å². The van der Waals surface area contributed by atoms with E-state index in [1.165, 1.54) is 0 Å². The van der Waals surface area contributed by atoms with E-state index in [2.05, 4.69) is 0 Å². The van der Waals surface area contributed by atoms with Crippen molar-refractivity contribution in [2.45, 2.75) is 18.9 Å². The smallest absolute Gasteiger partial charge is 0.323 e. The summed E-state index contributed by atoms with van der Waals surface area (Å²) in [4.78, 5) is 14.0. The molecule has 1 aromatic rings. The predicted octanol–water partition coefficient (Wildman–Crippen LogP) is 2.36. The topological polar surface area (TPSA) is 57.2 Å². The molecule has 1 saturated heterocycles. The van der Waals surface area contributed by atoms with Crippen LogP contribution in [-0.4, -0.2) is 58.4 Å². The Balaban J connectivity index is 1.99. The molecular weight excluding hydrogens is 310 g/mol. The number of likely N-dealkylation sites (N-methyl/N-ethyl adjacent to an activating group) is 1. The number of ether oxygens (including phenoxy) is 4. The summed E-state index contributed by atoms with van der Waals surface area (Å²) in [6.07, 6.45) is 5.53. The first kappa shape index (κ1) is 18.1. The van der Waals surface area contributed by atoms with Crippen LogP contribution in [-0.2, 0) is 9.53 Å². The summed E-state index contributed by atoms with van der Waals surface area (Å²) in [6, 6.07) is 3.47. The Hall–Kier alpha value is -2.21. The van der Waals surface area contributed by atoms with Gasteiger partial charge in [0, 0.05) is 11.6 Å². The minimum atomic E-state index is -0.168. The Bertz CT molecular complexity index is 599. The SMILES string of the molecule is COc1cc(OC)c(OC)cc1/C=C/COC(=O)C1CCCN1C. The molecular formula is C18H25NO5. The second kappa shape index (κ2) is 8.59. The number of benzene rings is 1. The van der Waals surface area contributed by atoms with Gasteiger partial charge in [-0.1, -0.05) is 6.08 Å². The molecule has 1 aromatic carbocycles. The monoisotopic (exact) mass is 335 g/mol. The number of carbonyl (C=O) groups excluding carboxylic acids is 1. The molecule has 1 unspecified atom stereocenters. The second-order valence-electron chi connectivity index (χ2n) is 5.62. The summed E-state index contributed by atoms with van der Waals surface area (Å²) < 4.78 is 21.2. The number of esters is 1. The normalized spacial score (nSPS) is 17.9. The van der Waals surface area contributed by atoms with E-state index in [0.29, 0.717) is 17.2 Å². The van der Waals surface area contributed by atoms with Crippen molar-refractivity contribution in [2.24, 2.45) is 0 Å². The molecule has 2 rings (SSSR count). The van der Waals surface area contributed by atoms with Gasteiger partial charge < -0.3 is 18.9 Å². The Morgan fingerprint density at radius 3 is 2.42 bits per heavy atom. The highest BCUT2D eigenvalue weighted by atomic mass is 16.5. The molecule has 0 saturated carbocycles. The number of rotatable bonds is 7. The van der Waals surface area contributed by atoms with Gasteiger partial charge in [-0.25, -0.2) is 0 Å². The maximum atomic E-state index is 12.0. The predicted molar refractivity (Wildman–Crippen MR) is 91.7 cm³/mol. The lowest BCUT2D eigenvalue weighted by molar-refractivity contribution is -0.147. The maximum absolute atomic E-state index is 12.0. The first-order valence-corrected chi connectivity index (χ1v) is 7.94. The van der Waals surface area contributed by atoms with Crippen LogP contribution < -0.4 is 14.2 Å². The Labute approximate surface area is 142 Å². The van der Waals surface area contributed by atoms with Crippen molar-refractivity contribution in [1.82, 2.24) is 4.90 Å². The Morgan fingerprint density at radius 1 is 1.17 bits per heavy atom. The van der Waals surface area contributed by atoms with Crippen molar-refractivity contribution in [3.05, 3.63) is 23.8 Å². The molecule has 6 nitrogen and oxygen atoms in total. The van der Waals surface area contributed by atoms with Gasteiger partial charge in [0.15, 0.2) is 11.5 Å². The molecule has 1 aliphatic rings. The van der Waals surface area contributed by atoms with E-state index in [4.69, 9.17) is 18.9 Å². The van der Waals surface area contributed by atoms with Gasteiger partial charge in [0.1, 0.15) is 18.4 Å². The van der Waals surface area contributed by atoms with Crippen molar-refractivity contribution in [1.29, 1.82) is 0 Å². The number of hydrogen-bond donors (Lipinski definition) is 0. The average molecular weight is 335 g/mol.